The highest BCUT2D eigenvalue weighted by molar-refractivity contribution is 5.99. The van der Waals surface area contributed by atoms with Gasteiger partial charge in [0.05, 0.1) is 5.56 Å². The van der Waals surface area contributed by atoms with Gasteiger partial charge >= 0.3 is 5.97 Å². The van der Waals surface area contributed by atoms with E-state index in [2.05, 4.69) is 16.8 Å². The molecule has 0 fully saturated rings. The van der Waals surface area contributed by atoms with Crippen LogP contribution in [0.1, 0.15) is 21.5 Å². The number of anilines is 1. The van der Waals surface area contributed by atoms with Crippen molar-refractivity contribution in [3.63, 3.8) is 0 Å². The van der Waals surface area contributed by atoms with E-state index in [1.54, 1.807) is 24.3 Å². The molecule has 0 radical (unpaired) electrons. The highest BCUT2D eigenvalue weighted by atomic mass is 16.4. The summed E-state index contributed by atoms with van der Waals surface area (Å²) in [6, 6.07) is 20.2. The summed E-state index contributed by atoms with van der Waals surface area (Å²) in [6.07, 6.45) is 1.86. The topological polar surface area (TPSA) is 79.1 Å². The fraction of sp³-hybridized carbons (Fsp3) is 0. The maximum Gasteiger partial charge on any atom is 0.336 e. The molecule has 4 rings (SSSR count). The number of hydrogen-bond donors (Lipinski definition) is 3. The highest BCUT2D eigenvalue weighted by Crippen LogP contribution is 2.30. The van der Waals surface area contributed by atoms with Crippen molar-refractivity contribution in [2.24, 2.45) is 0 Å². The number of carbonyl (C=O) groups is 1. The zero-order valence-corrected chi connectivity index (χ0v) is 14.4. The molecule has 130 valence electrons. The van der Waals surface area contributed by atoms with Gasteiger partial charge in [-0.2, -0.15) is 0 Å². The van der Waals surface area contributed by atoms with E-state index in [4.69, 9.17) is 5.73 Å². The van der Waals surface area contributed by atoms with E-state index in [0.717, 1.165) is 22.0 Å². The van der Waals surface area contributed by atoms with Gasteiger partial charge in [0.25, 0.3) is 0 Å². The summed E-state index contributed by atoms with van der Waals surface area (Å²) in [4.78, 5) is 15.0. The van der Waals surface area contributed by atoms with Crippen LogP contribution in [0.3, 0.4) is 0 Å². The molecule has 27 heavy (non-hydrogen) atoms. The van der Waals surface area contributed by atoms with Gasteiger partial charge in [-0.3, -0.25) is 0 Å². The van der Waals surface area contributed by atoms with Crippen LogP contribution in [-0.4, -0.2) is 16.1 Å². The third-order valence-electron chi connectivity index (χ3n) is 4.39. The molecule has 0 aliphatic rings. The molecule has 3 aromatic carbocycles. The summed E-state index contributed by atoms with van der Waals surface area (Å²) in [6.45, 7) is 0. The summed E-state index contributed by atoms with van der Waals surface area (Å²) in [5.74, 6) is 5.23. The van der Waals surface area contributed by atoms with Crippen LogP contribution in [0.2, 0.25) is 0 Å². The molecule has 4 aromatic rings. The van der Waals surface area contributed by atoms with E-state index in [1.807, 2.05) is 48.7 Å². The molecule has 0 saturated heterocycles. The molecule has 0 aliphatic carbocycles. The van der Waals surface area contributed by atoms with E-state index in [0.29, 0.717) is 16.8 Å². The van der Waals surface area contributed by atoms with Crippen LogP contribution in [0.15, 0.2) is 72.9 Å². The van der Waals surface area contributed by atoms with Crippen molar-refractivity contribution in [2.45, 2.75) is 0 Å². The summed E-state index contributed by atoms with van der Waals surface area (Å²) in [5.41, 5.74) is 10.5. The number of nitrogen functional groups attached to an aromatic ring is 1. The Balaban J connectivity index is 1.88. The normalized spacial score (nSPS) is 10.4. The van der Waals surface area contributed by atoms with Crippen molar-refractivity contribution < 1.29 is 9.90 Å². The van der Waals surface area contributed by atoms with E-state index >= 15 is 0 Å². The Kier molecular flexibility index (Phi) is 4.12. The predicted octanol–water partition coefficient (Wildman–Crippen LogP) is 4.52. The third-order valence-corrected chi connectivity index (χ3v) is 4.39. The summed E-state index contributed by atoms with van der Waals surface area (Å²) in [5, 5.41) is 10.7. The standard InChI is InChI=1S/C23H16N2O2/c24-19-10-5-15(6-11-19)4-7-17-2-1-3-20(23(26)27)22(17)18-9-8-16-12-13-25-21(16)14-18/h1-3,5-6,8-14,25H,24H2,(H,26,27). The van der Waals surface area contributed by atoms with Gasteiger partial charge in [-0.05, 0) is 59.5 Å². The van der Waals surface area contributed by atoms with Crippen LogP contribution in [0.5, 0.6) is 0 Å². The van der Waals surface area contributed by atoms with Gasteiger partial charge < -0.3 is 15.8 Å². The molecule has 1 heterocycles. The lowest BCUT2D eigenvalue weighted by Crippen LogP contribution is -2.01. The van der Waals surface area contributed by atoms with Crippen LogP contribution in [-0.2, 0) is 0 Å². The van der Waals surface area contributed by atoms with Gasteiger partial charge in [0.1, 0.15) is 0 Å². The minimum absolute atomic E-state index is 0.227. The average Bonchev–Trinajstić information content (AvgIpc) is 3.15. The van der Waals surface area contributed by atoms with Gasteiger partial charge in [-0.1, -0.05) is 30.0 Å². The lowest BCUT2D eigenvalue weighted by Gasteiger charge is -2.10. The monoisotopic (exact) mass is 352 g/mol. The Labute approximate surface area is 156 Å². The largest absolute Gasteiger partial charge is 0.478 e. The molecule has 4 nitrogen and oxygen atoms in total. The molecule has 0 atom stereocenters. The second-order valence-corrected chi connectivity index (χ2v) is 6.18. The van der Waals surface area contributed by atoms with Crippen molar-refractivity contribution in [1.82, 2.24) is 4.98 Å². The molecule has 0 amide bonds. The van der Waals surface area contributed by atoms with Crippen molar-refractivity contribution >= 4 is 22.6 Å². The maximum atomic E-state index is 11.8. The van der Waals surface area contributed by atoms with E-state index in [1.165, 1.54) is 0 Å². The molecule has 0 spiro atoms. The SMILES string of the molecule is Nc1ccc(C#Cc2cccc(C(=O)O)c2-c2ccc3cc[nH]c3c2)cc1. The Morgan fingerprint density at radius 2 is 1.78 bits per heavy atom. The minimum atomic E-state index is -0.979. The Bertz CT molecular complexity index is 1210. The maximum absolute atomic E-state index is 11.8. The zero-order chi connectivity index (χ0) is 18.8. The van der Waals surface area contributed by atoms with Crippen molar-refractivity contribution in [3.05, 3.63) is 89.6 Å². The number of benzene rings is 3. The molecule has 0 saturated carbocycles. The molecular formula is C23H16N2O2. The Morgan fingerprint density at radius 3 is 2.56 bits per heavy atom. The smallest absolute Gasteiger partial charge is 0.336 e. The summed E-state index contributed by atoms with van der Waals surface area (Å²) in [7, 11) is 0. The predicted molar refractivity (Wildman–Crippen MR) is 108 cm³/mol. The van der Waals surface area contributed by atoms with Crippen LogP contribution < -0.4 is 5.73 Å². The third kappa shape index (κ3) is 3.26. The van der Waals surface area contributed by atoms with Gasteiger partial charge in [0.2, 0.25) is 0 Å². The lowest BCUT2D eigenvalue weighted by molar-refractivity contribution is 0.0697. The molecular weight excluding hydrogens is 336 g/mol. The first-order valence-corrected chi connectivity index (χ1v) is 8.43. The van der Waals surface area contributed by atoms with E-state index in [-0.39, 0.29) is 5.56 Å². The Hall–Kier alpha value is -3.97. The number of H-pyrrole nitrogens is 1. The molecule has 4 heteroatoms. The quantitative estimate of drug-likeness (QED) is 0.367. The van der Waals surface area contributed by atoms with Crippen LogP contribution in [0.4, 0.5) is 5.69 Å². The molecule has 4 N–H and O–H groups in total. The van der Waals surface area contributed by atoms with Crippen LogP contribution >= 0.6 is 0 Å². The van der Waals surface area contributed by atoms with Crippen molar-refractivity contribution in [1.29, 1.82) is 0 Å². The number of fused-ring (bicyclic) bond motifs is 1. The molecule has 0 unspecified atom stereocenters. The van der Waals surface area contributed by atoms with E-state index < -0.39 is 5.97 Å². The van der Waals surface area contributed by atoms with Crippen LogP contribution in [0.25, 0.3) is 22.0 Å². The summed E-state index contributed by atoms with van der Waals surface area (Å²) >= 11 is 0. The zero-order valence-electron chi connectivity index (χ0n) is 14.4. The first kappa shape index (κ1) is 16.5. The number of rotatable bonds is 2. The van der Waals surface area contributed by atoms with Gasteiger partial charge in [0.15, 0.2) is 0 Å². The second-order valence-electron chi connectivity index (χ2n) is 6.18. The highest BCUT2D eigenvalue weighted by Gasteiger charge is 2.15. The number of aromatic carboxylic acids is 1. The first-order valence-electron chi connectivity index (χ1n) is 8.43. The van der Waals surface area contributed by atoms with Crippen molar-refractivity contribution in [2.75, 3.05) is 5.73 Å². The number of aromatic amines is 1. The van der Waals surface area contributed by atoms with Crippen molar-refractivity contribution in [3.8, 4) is 23.0 Å². The summed E-state index contributed by atoms with van der Waals surface area (Å²) < 4.78 is 0. The van der Waals surface area contributed by atoms with Gasteiger partial charge in [-0.25, -0.2) is 4.79 Å². The molecule has 0 aliphatic heterocycles. The molecule has 0 bridgehead atoms. The Morgan fingerprint density at radius 1 is 0.963 bits per heavy atom. The van der Waals surface area contributed by atoms with Gasteiger partial charge in [0, 0.05) is 34.1 Å². The average molecular weight is 352 g/mol. The first-order chi connectivity index (χ1) is 13.1. The number of carboxylic acids is 1. The fourth-order valence-corrected chi connectivity index (χ4v) is 3.06. The van der Waals surface area contributed by atoms with Gasteiger partial charge in [-0.15, -0.1) is 0 Å². The number of nitrogens with two attached hydrogens (primary N) is 1. The second kappa shape index (κ2) is 6.74. The van der Waals surface area contributed by atoms with E-state index in [9.17, 15) is 9.90 Å². The fourth-order valence-electron chi connectivity index (χ4n) is 3.06. The lowest BCUT2D eigenvalue weighted by atomic mass is 9.93. The van der Waals surface area contributed by atoms with Crippen LogP contribution in [0, 0.1) is 11.8 Å². The number of carboxylic acid groups (broad SMARTS) is 1. The number of nitrogens with one attached hydrogen (secondary N) is 1. The molecule has 1 aromatic heterocycles. The number of aromatic nitrogens is 1. The minimum Gasteiger partial charge on any atom is -0.478 e. The number of hydrogen-bond acceptors (Lipinski definition) is 2.